The van der Waals surface area contributed by atoms with Crippen molar-refractivity contribution in [1.82, 2.24) is 15.1 Å². The molecule has 1 saturated heterocycles. The van der Waals surface area contributed by atoms with Gasteiger partial charge < -0.3 is 10.6 Å². The topological polar surface area (TPSA) is 59.0 Å². The van der Waals surface area contributed by atoms with Crippen LogP contribution in [0.2, 0.25) is 0 Å². The largest absolute Gasteiger partial charge is 0.324 e. The first-order valence-corrected chi connectivity index (χ1v) is 7.79. The Hall–Kier alpha value is -2.14. The number of benzene rings is 1. The highest BCUT2D eigenvalue weighted by atomic mass is 16.1. The number of carbonyl (C=O) groups is 1. The minimum atomic E-state index is 0.0438. The van der Waals surface area contributed by atoms with Gasteiger partial charge in [0.1, 0.15) is 0 Å². The van der Waals surface area contributed by atoms with Gasteiger partial charge in [-0.3, -0.25) is 4.79 Å². The summed E-state index contributed by atoms with van der Waals surface area (Å²) in [6.45, 7) is 5.75. The van der Waals surface area contributed by atoms with E-state index in [9.17, 15) is 4.79 Å². The molecule has 1 aromatic carbocycles. The quantitative estimate of drug-likeness (QED) is 0.915. The first kappa shape index (κ1) is 14.8. The number of piperidine rings is 1. The van der Waals surface area contributed by atoms with Gasteiger partial charge in [0.15, 0.2) is 0 Å². The monoisotopic (exact) mass is 298 g/mol. The fourth-order valence-electron chi connectivity index (χ4n) is 2.95. The number of para-hydroxylation sites is 2. The molecule has 5 heteroatoms. The lowest BCUT2D eigenvalue weighted by molar-refractivity contribution is -0.120. The highest BCUT2D eigenvalue weighted by molar-refractivity contribution is 5.94. The van der Waals surface area contributed by atoms with Gasteiger partial charge in [-0.25, -0.2) is 4.68 Å². The Balaban J connectivity index is 1.85. The van der Waals surface area contributed by atoms with Crippen LogP contribution < -0.4 is 10.6 Å². The Bertz CT molecular complexity index is 671. The number of anilines is 1. The number of hydrogen-bond donors (Lipinski definition) is 2. The third-order valence-electron chi connectivity index (χ3n) is 4.07. The van der Waals surface area contributed by atoms with E-state index < -0.39 is 0 Å². The Labute approximate surface area is 130 Å². The fraction of sp³-hybridized carbons (Fsp3) is 0.412. The van der Waals surface area contributed by atoms with Gasteiger partial charge in [0.2, 0.25) is 5.91 Å². The van der Waals surface area contributed by atoms with E-state index in [0.717, 1.165) is 48.7 Å². The number of amides is 1. The van der Waals surface area contributed by atoms with Crippen LogP contribution in [0, 0.1) is 19.8 Å². The maximum Gasteiger partial charge on any atom is 0.228 e. The fourth-order valence-corrected chi connectivity index (χ4v) is 2.95. The summed E-state index contributed by atoms with van der Waals surface area (Å²) in [5.41, 5.74) is 3.74. The molecule has 116 valence electrons. The maximum atomic E-state index is 12.5. The van der Waals surface area contributed by atoms with E-state index in [1.54, 1.807) is 0 Å². The summed E-state index contributed by atoms with van der Waals surface area (Å²) >= 11 is 0. The van der Waals surface area contributed by atoms with E-state index in [-0.39, 0.29) is 11.8 Å². The number of aromatic nitrogens is 2. The zero-order valence-corrected chi connectivity index (χ0v) is 13.1. The molecule has 1 unspecified atom stereocenters. The van der Waals surface area contributed by atoms with Crippen LogP contribution in [-0.4, -0.2) is 28.8 Å². The van der Waals surface area contributed by atoms with Gasteiger partial charge in [0.05, 0.1) is 23.0 Å². The van der Waals surface area contributed by atoms with Crippen LogP contribution >= 0.6 is 0 Å². The second-order valence-electron chi connectivity index (χ2n) is 5.89. The molecule has 1 aliphatic heterocycles. The van der Waals surface area contributed by atoms with Gasteiger partial charge in [-0.05, 0) is 51.4 Å². The molecule has 1 atom stereocenters. The van der Waals surface area contributed by atoms with Gasteiger partial charge in [-0.15, -0.1) is 0 Å². The molecule has 0 bridgehead atoms. The molecule has 1 fully saturated rings. The molecular weight excluding hydrogens is 276 g/mol. The minimum Gasteiger partial charge on any atom is -0.324 e. The first-order valence-electron chi connectivity index (χ1n) is 7.79. The molecule has 0 saturated carbocycles. The Kier molecular flexibility index (Phi) is 4.24. The van der Waals surface area contributed by atoms with Gasteiger partial charge in [0.25, 0.3) is 0 Å². The van der Waals surface area contributed by atoms with Crippen molar-refractivity contribution in [1.29, 1.82) is 0 Å². The van der Waals surface area contributed by atoms with Gasteiger partial charge in [-0.1, -0.05) is 12.1 Å². The molecule has 1 amide bonds. The molecule has 3 rings (SSSR count). The zero-order valence-electron chi connectivity index (χ0n) is 13.1. The SMILES string of the molecule is Cc1cc(C)n(-c2ccccc2NC(=O)C2CCCNC2)n1. The second kappa shape index (κ2) is 6.32. The molecule has 0 radical (unpaired) electrons. The lowest BCUT2D eigenvalue weighted by atomic mass is 9.99. The third-order valence-corrected chi connectivity index (χ3v) is 4.07. The molecule has 2 aromatic rings. The van der Waals surface area contributed by atoms with E-state index in [0.29, 0.717) is 0 Å². The van der Waals surface area contributed by atoms with Crippen molar-refractivity contribution in [3.8, 4) is 5.69 Å². The standard InChI is InChI=1S/C17H22N4O/c1-12-10-13(2)21(20-12)16-8-4-3-7-15(16)19-17(22)14-6-5-9-18-11-14/h3-4,7-8,10,14,18H,5-6,9,11H2,1-2H3,(H,19,22). The maximum absolute atomic E-state index is 12.5. The predicted octanol–water partition coefficient (Wildman–Crippen LogP) is 2.43. The van der Waals surface area contributed by atoms with E-state index in [1.165, 1.54) is 0 Å². The van der Waals surface area contributed by atoms with Gasteiger partial charge in [0, 0.05) is 12.2 Å². The van der Waals surface area contributed by atoms with Crippen molar-refractivity contribution in [2.75, 3.05) is 18.4 Å². The van der Waals surface area contributed by atoms with E-state index in [4.69, 9.17) is 0 Å². The molecule has 2 N–H and O–H groups in total. The minimum absolute atomic E-state index is 0.0438. The van der Waals surface area contributed by atoms with Gasteiger partial charge in [-0.2, -0.15) is 5.10 Å². The average molecular weight is 298 g/mol. The smallest absolute Gasteiger partial charge is 0.228 e. The van der Waals surface area contributed by atoms with E-state index >= 15 is 0 Å². The summed E-state index contributed by atoms with van der Waals surface area (Å²) in [6, 6.07) is 9.84. The third kappa shape index (κ3) is 3.04. The molecular formula is C17H22N4O. The van der Waals surface area contributed by atoms with E-state index in [2.05, 4.69) is 15.7 Å². The Morgan fingerprint density at radius 2 is 2.18 bits per heavy atom. The highest BCUT2D eigenvalue weighted by Crippen LogP contribution is 2.23. The molecule has 1 aliphatic rings. The van der Waals surface area contributed by atoms with Gasteiger partial charge >= 0.3 is 0 Å². The number of nitrogens with one attached hydrogen (secondary N) is 2. The second-order valence-corrected chi connectivity index (χ2v) is 5.89. The molecule has 5 nitrogen and oxygen atoms in total. The van der Waals surface area contributed by atoms with Crippen LogP contribution in [0.3, 0.4) is 0 Å². The molecule has 22 heavy (non-hydrogen) atoms. The number of nitrogens with zero attached hydrogens (tertiary/aromatic N) is 2. The normalized spacial score (nSPS) is 18.2. The molecule has 0 aliphatic carbocycles. The van der Waals surface area contributed by atoms with Crippen molar-refractivity contribution >= 4 is 11.6 Å². The summed E-state index contributed by atoms with van der Waals surface area (Å²) in [6.07, 6.45) is 2.00. The van der Waals surface area contributed by atoms with Crippen LogP contribution in [0.1, 0.15) is 24.2 Å². The number of carbonyl (C=O) groups excluding carboxylic acids is 1. The van der Waals surface area contributed by atoms with Crippen LogP contribution in [0.25, 0.3) is 5.69 Å². The molecule has 2 heterocycles. The summed E-state index contributed by atoms with van der Waals surface area (Å²) in [5, 5.41) is 10.9. The van der Waals surface area contributed by atoms with Crippen molar-refractivity contribution in [3.63, 3.8) is 0 Å². The van der Waals surface area contributed by atoms with Crippen molar-refractivity contribution in [2.45, 2.75) is 26.7 Å². The average Bonchev–Trinajstić information content (AvgIpc) is 2.87. The predicted molar refractivity (Wildman–Crippen MR) is 87.3 cm³/mol. The molecule has 0 spiro atoms. The number of hydrogen-bond acceptors (Lipinski definition) is 3. The first-order chi connectivity index (χ1) is 10.6. The summed E-state index contributed by atoms with van der Waals surface area (Å²) in [7, 11) is 0. The highest BCUT2D eigenvalue weighted by Gasteiger charge is 2.22. The number of rotatable bonds is 3. The van der Waals surface area contributed by atoms with Crippen molar-refractivity contribution < 1.29 is 4.79 Å². The Morgan fingerprint density at radius 1 is 1.36 bits per heavy atom. The lowest BCUT2D eigenvalue weighted by Crippen LogP contribution is -2.37. The number of aryl methyl sites for hydroxylation is 2. The zero-order chi connectivity index (χ0) is 15.5. The van der Waals surface area contributed by atoms with Crippen LogP contribution in [0.4, 0.5) is 5.69 Å². The lowest BCUT2D eigenvalue weighted by Gasteiger charge is -2.22. The summed E-state index contributed by atoms with van der Waals surface area (Å²) < 4.78 is 1.88. The van der Waals surface area contributed by atoms with Crippen LogP contribution in [0.5, 0.6) is 0 Å². The summed E-state index contributed by atoms with van der Waals surface area (Å²) in [4.78, 5) is 12.5. The molecule has 1 aromatic heterocycles. The van der Waals surface area contributed by atoms with Crippen molar-refractivity contribution in [2.24, 2.45) is 5.92 Å². The van der Waals surface area contributed by atoms with Crippen LogP contribution in [0.15, 0.2) is 30.3 Å². The summed E-state index contributed by atoms with van der Waals surface area (Å²) in [5.74, 6) is 0.128. The van der Waals surface area contributed by atoms with Crippen molar-refractivity contribution in [3.05, 3.63) is 41.7 Å². The van der Waals surface area contributed by atoms with E-state index in [1.807, 2.05) is 48.9 Å². The Morgan fingerprint density at radius 3 is 2.86 bits per heavy atom. The van der Waals surface area contributed by atoms with Crippen LogP contribution in [-0.2, 0) is 4.79 Å².